The maximum atomic E-state index is 13.0. The third-order valence-corrected chi connectivity index (χ3v) is 5.85. The Labute approximate surface area is 198 Å². The fourth-order valence-electron chi connectivity index (χ4n) is 4.15. The molecular formula is C23H25F3N6O3. The minimum atomic E-state index is -4.89. The molecule has 12 heteroatoms. The van der Waals surface area contributed by atoms with Crippen LogP contribution in [0.3, 0.4) is 0 Å². The Morgan fingerprint density at radius 2 is 1.83 bits per heavy atom. The molecule has 1 aliphatic rings. The predicted octanol–water partition coefficient (Wildman–Crippen LogP) is 2.52. The molecule has 1 aromatic carbocycles. The van der Waals surface area contributed by atoms with Gasteiger partial charge >= 0.3 is 6.36 Å². The highest BCUT2D eigenvalue weighted by atomic mass is 19.4. The maximum absolute atomic E-state index is 13.0. The second-order valence-electron chi connectivity index (χ2n) is 8.33. The number of aryl methyl sites for hydroxylation is 2. The van der Waals surface area contributed by atoms with Crippen LogP contribution in [0.1, 0.15) is 27.4 Å². The molecule has 2 N–H and O–H groups in total. The number of hydrogen-bond acceptors (Lipinski definition) is 7. The molecule has 1 saturated heterocycles. The van der Waals surface area contributed by atoms with Gasteiger partial charge in [-0.2, -0.15) is 0 Å². The summed E-state index contributed by atoms with van der Waals surface area (Å²) >= 11 is 0. The normalized spacial score (nSPS) is 14.9. The van der Waals surface area contributed by atoms with Crippen molar-refractivity contribution in [3.8, 4) is 5.75 Å². The highest BCUT2D eigenvalue weighted by Gasteiger charge is 2.32. The number of carbonyl (C=O) groups excluding carboxylic acids is 1. The Balaban J connectivity index is 1.50. The molecule has 35 heavy (non-hydrogen) atoms. The van der Waals surface area contributed by atoms with Crippen molar-refractivity contribution in [3.05, 3.63) is 57.3 Å². The third kappa shape index (κ3) is 5.53. The molecule has 186 valence electrons. The zero-order chi connectivity index (χ0) is 25.3. The molecule has 0 aliphatic carbocycles. The number of pyridine rings is 1. The Bertz CT molecular complexity index is 1320. The molecule has 0 atom stereocenters. The van der Waals surface area contributed by atoms with Gasteiger partial charge < -0.3 is 19.9 Å². The predicted molar refractivity (Wildman–Crippen MR) is 124 cm³/mol. The standard InChI is InChI=1S/C23H25F3N6O3/c1-13-18(5-4-16(28-13)22(34)27-3)32-8-6-31(7-9-32)12-15-10-17-20(29-14(2)21(33)30-17)19(11-15)35-23(24,25)26/h4-5,10-11H,6-9,12H2,1-3H3,(H,27,34)(H,30,33). The molecule has 1 aliphatic heterocycles. The number of hydrogen-bond donors (Lipinski definition) is 2. The number of piperazine rings is 1. The lowest BCUT2D eigenvalue weighted by Crippen LogP contribution is -2.46. The number of nitrogens with one attached hydrogen (secondary N) is 2. The Kier molecular flexibility index (Phi) is 6.66. The number of aromatic amines is 1. The second kappa shape index (κ2) is 9.53. The minimum Gasteiger partial charge on any atom is -0.403 e. The Morgan fingerprint density at radius 3 is 2.46 bits per heavy atom. The van der Waals surface area contributed by atoms with E-state index in [4.69, 9.17) is 0 Å². The SMILES string of the molecule is CNC(=O)c1ccc(N2CCN(Cc3cc(OC(F)(F)F)c4nc(C)c(=O)[nH]c4c3)CC2)c(C)n1. The number of alkyl halides is 3. The summed E-state index contributed by atoms with van der Waals surface area (Å²) in [5.41, 5.74) is 2.33. The third-order valence-electron chi connectivity index (χ3n) is 5.85. The number of halogens is 3. The summed E-state index contributed by atoms with van der Waals surface area (Å²) in [7, 11) is 1.55. The molecule has 0 radical (unpaired) electrons. The largest absolute Gasteiger partial charge is 0.573 e. The summed E-state index contributed by atoms with van der Waals surface area (Å²) < 4.78 is 43.2. The molecule has 1 amide bonds. The van der Waals surface area contributed by atoms with Gasteiger partial charge in [0.1, 0.15) is 16.9 Å². The van der Waals surface area contributed by atoms with Crippen LogP contribution in [0.4, 0.5) is 18.9 Å². The first-order valence-electron chi connectivity index (χ1n) is 11.0. The summed E-state index contributed by atoms with van der Waals surface area (Å²) in [4.78, 5) is 39.0. The lowest BCUT2D eigenvalue weighted by Gasteiger charge is -2.36. The smallest absolute Gasteiger partial charge is 0.403 e. The highest BCUT2D eigenvalue weighted by molar-refractivity contribution is 5.92. The highest BCUT2D eigenvalue weighted by Crippen LogP contribution is 2.30. The van der Waals surface area contributed by atoms with Crippen molar-refractivity contribution in [1.82, 2.24) is 25.2 Å². The number of amides is 1. The zero-order valence-electron chi connectivity index (χ0n) is 19.5. The van der Waals surface area contributed by atoms with Crippen molar-refractivity contribution in [3.63, 3.8) is 0 Å². The van der Waals surface area contributed by atoms with E-state index in [1.54, 1.807) is 19.2 Å². The maximum Gasteiger partial charge on any atom is 0.573 e. The van der Waals surface area contributed by atoms with Crippen LogP contribution in [-0.4, -0.2) is 65.3 Å². The van der Waals surface area contributed by atoms with Crippen LogP contribution < -0.4 is 20.5 Å². The van der Waals surface area contributed by atoms with Crippen LogP contribution in [0.25, 0.3) is 11.0 Å². The van der Waals surface area contributed by atoms with Gasteiger partial charge in [0.15, 0.2) is 5.75 Å². The van der Waals surface area contributed by atoms with E-state index < -0.39 is 17.7 Å². The second-order valence-corrected chi connectivity index (χ2v) is 8.33. The fraction of sp³-hybridized carbons (Fsp3) is 0.391. The number of H-pyrrole nitrogens is 1. The first kappa shape index (κ1) is 24.5. The van der Waals surface area contributed by atoms with Crippen LogP contribution >= 0.6 is 0 Å². The van der Waals surface area contributed by atoms with Gasteiger partial charge in [-0.25, -0.2) is 9.97 Å². The van der Waals surface area contributed by atoms with E-state index in [2.05, 4.69) is 34.8 Å². The number of fused-ring (bicyclic) bond motifs is 1. The van der Waals surface area contributed by atoms with Crippen molar-refractivity contribution >= 4 is 22.6 Å². The summed E-state index contributed by atoms with van der Waals surface area (Å²) in [5.74, 6) is -0.693. The topological polar surface area (TPSA) is 103 Å². The number of anilines is 1. The fourth-order valence-corrected chi connectivity index (χ4v) is 4.15. The van der Waals surface area contributed by atoms with Crippen molar-refractivity contribution < 1.29 is 22.7 Å². The first-order chi connectivity index (χ1) is 16.5. The van der Waals surface area contributed by atoms with Crippen LogP contribution in [0.2, 0.25) is 0 Å². The monoisotopic (exact) mass is 490 g/mol. The van der Waals surface area contributed by atoms with Crippen molar-refractivity contribution in [2.75, 3.05) is 38.1 Å². The lowest BCUT2D eigenvalue weighted by atomic mass is 10.1. The molecule has 3 aromatic rings. The molecule has 1 fully saturated rings. The average Bonchev–Trinajstić information content (AvgIpc) is 2.79. The number of carbonyl (C=O) groups is 1. The van der Waals surface area contributed by atoms with Crippen LogP contribution in [-0.2, 0) is 6.54 Å². The quantitative estimate of drug-likeness (QED) is 0.567. The van der Waals surface area contributed by atoms with E-state index in [9.17, 15) is 22.8 Å². The molecule has 9 nitrogen and oxygen atoms in total. The van der Waals surface area contributed by atoms with Gasteiger partial charge in [0.2, 0.25) is 0 Å². The van der Waals surface area contributed by atoms with E-state index in [0.717, 1.165) is 11.4 Å². The van der Waals surface area contributed by atoms with E-state index in [0.29, 0.717) is 44.0 Å². The van der Waals surface area contributed by atoms with Gasteiger partial charge in [-0.15, -0.1) is 13.2 Å². The number of aromatic nitrogens is 3. The van der Waals surface area contributed by atoms with Crippen LogP contribution in [0, 0.1) is 13.8 Å². The van der Waals surface area contributed by atoms with Gasteiger partial charge in [-0.1, -0.05) is 0 Å². The van der Waals surface area contributed by atoms with E-state index in [1.807, 2.05) is 13.0 Å². The van der Waals surface area contributed by atoms with E-state index in [-0.39, 0.29) is 22.6 Å². The van der Waals surface area contributed by atoms with Gasteiger partial charge in [-0.3, -0.25) is 14.5 Å². The van der Waals surface area contributed by atoms with Gasteiger partial charge in [0.05, 0.1) is 16.9 Å². The van der Waals surface area contributed by atoms with Gasteiger partial charge in [0, 0.05) is 39.8 Å². The molecule has 4 rings (SSSR count). The molecular weight excluding hydrogens is 465 g/mol. The van der Waals surface area contributed by atoms with E-state index >= 15 is 0 Å². The number of nitrogens with zero attached hydrogens (tertiary/aromatic N) is 4. The number of rotatable bonds is 5. The summed E-state index contributed by atoms with van der Waals surface area (Å²) in [5, 5.41) is 2.55. The van der Waals surface area contributed by atoms with Crippen molar-refractivity contribution in [2.24, 2.45) is 0 Å². The molecule has 3 heterocycles. The zero-order valence-corrected chi connectivity index (χ0v) is 19.5. The van der Waals surface area contributed by atoms with Gasteiger partial charge in [-0.05, 0) is 43.7 Å². The lowest BCUT2D eigenvalue weighted by molar-refractivity contribution is -0.274. The molecule has 2 aromatic heterocycles. The number of ether oxygens (including phenoxy) is 1. The molecule has 0 saturated carbocycles. The van der Waals surface area contributed by atoms with E-state index in [1.165, 1.54) is 13.0 Å². The number of benzene rings is 1. The molecule has 0 bridgehead atoms. The molecule has 0 unspecified atom stereocenters. The van der Waals surface area contributed by atoms with Crippen molar-refractivity contribution in [2.45, 2.75) is 26.8 Å². The minimum absolute atomic E-state index is 0.0452. The summed E-state index contributed by atoms with van der Waals surface area (Å²) in [6, 6.07) is 6.50. The van der Waals surface area contributed by atoms with Gasteiger partial charge in [0.25, 0.3) is 11.5 Å². The van der Waals surface area contributed by atoms with Crippen LogP contribution in [0.5, 0.6) is 5.75 Å². The molecule has 0 spiro atoms. The average molecular weight is 490 g/mol. The Hall–Kier alpha value is -3.67. The summed E-state index contributed by atoms with van der Waals surface area (Å²) in [6.07, 6.45) is -4.89. The van der Waals surface area contributed by atoms with Crippen molar-refractivity contribution in [1.29, 1.82) is 0 Å². The van der Waals surface area contributed by atoms with Crippen LogP contribution in [0.15, 0.2) is 29.1 Å². The summed E-state index contributed by atoms with van der Waals surface area (Å²) in [6.45, 7) is 6.33. The Morgan fingerprint density at radius 1 is 1.11 bits per heavy atom. The first-order valence-corrected chi connectivity index (χ1v) is 11.0.